The molecule has 14 heavy (non-hydrogen) atoms. The molecule has 0 bridgehead atoms. The van der Waals surface area contributed by atoms with Crippen molar-refractivity contribution in [2.24, 2.45) is 0 Å². The molecule has 0 aromatic heterocycles. The largest absolute Gasteiger partial charge is 0.393 e. The predicted octanol–water partition coefficient (Wildman–Crippen LogP) is 1.84. The number of nitrogens with one attached hydrogen (secondary N) is 1. The number of carbonyl (C=O) groups excluding carboxylic acids is 1. The summed E-state index contributed by atoms with van der Waals surface area (Å²) in [5.74, 6) is 0.0609. The van der Waals surface area contributed by atoms with Crippen molar-refractivity contribution in [3.63, 3.8) is 0 Å². The molecule has 0 rings (SSSR count). The van der Waals surface area contributed by atoms with Crippen molar-refractivity contribution in [3.05, 3.63) is 0 Å². The Morgan fingerprint density at radius 1 is 1.29 bits per heavy atom. The fourth-order valence-electron chi connectivity index (χ4n) is 1.40. The Morgan fingerprint density at radius 2 is 1.93 bits per heavy atom. The van der Waals surface area contributed by atoms with Crippen molar-refractivity contribution in [2.45, 2.75) is 58.0 Å². The van der Waals surface area contributed by atoms with Gasteiger partial charge in [0.15, 0.2) is 0 Å². The Hall–Kier alpha value is -0.570. The molecule has 0 aliphatic heterocycles. The van der Waals surface area contributed by atoms with Crippen LogP contribution in [0, 0.1) is 0 Å². The smallest absolute Gasteiger partial charge is 0.219 e. The average molecular weight is 201 g/mol. The van der Waals surface area contributed by atoms with Crippen LogP contribution in [-0.2, 0) is 4.79 Å². The number of hydrogen-bond donors (Lipinski definition) is 2. The summed E-state index contributed by atoms with van der Waals surface area (Å²) in [6.07, 6.45) is 6.19. The highest BCUT2D eigenvalue weighted by Crippen LogP contribution is 2.09. The van der Waals surface area contributed by atoms with Gasteiger partial charge in [0, 0.05) is 13.5 Å². The van der Waals surface area contributed by atoms with E-state index in [1.165, 1.54) is 12.8 Å². The third kappa shape index (κ3) is 8.05. The van der Waals surface area contributed by atoms with Crippen molar-refractivity contribution < 1.29 is 9.90 Å². The Bertz CT molecular complexity index is 148. The number of aliphatic hydroxyl groups is 1. The Labute approximate surface area is 86.9 Å². The summed E-state index contributed by atoms with van der Waals surface area (Å²) >= 11 is 0. The van der Waals surface area contributed by atoms with Gasteiger partial charge in [0.2, 0.25) is 5.91 Å². The van der Waals surface area contributed by atoms with Crippen LogP contribution in [0.5, 0.6) is 0 Å². The first kappa shape index (κ1) is 13.4. The van der Waals surface area contributed by atoms with Crippen molar-refractivity contribution in [3.8, 4) is 0 Å². The first-order chi connectivity index (χ1) is 6.70. The number of amides is 1. The standard InChI is InChI=1S/C11H23NO2/c1-3-4-5-7-10(13)8-6-9-11(14)12-2/h10,13H,3-9H2,1-2H3,(H,12,14)/t10-/m1/s1. The van der Waals surface area contributed by atoms with Crippen molar-refractivity contribution >= 4 is 5.91 Å². The number of unbranched alkanes of at least 4 members (excludes halogenated alkanes) is 2. The topological polar surface area (TPSA) is 49.3 Å². The van der Waals surface area contributed by atoms with Gasteiger partial charge in [0.25, 0.3) is 0 Å². The summed E-state index contributed by atoms with van der Waals surface area (Å²) in [5, 5.41) is 12.1. The van der Waals surface area contributed by atoms with Crippen LogP contribution in [0.1, 0.15) is 51.9 Å². The molecule has 0 spiro atoms. The van der Waals surface area contributed by atoms with Gasteiger partial charge in [-0.25, -0.2) is 0 Å². The molecule has 0 unspecified atom stereocenters. The molecule has 0 saturated heterocycles. The van der Waals surface area contributed by atoms with E-state index in [0.29, 0.717) is 6.42 Å². The van der Waals surface area contributed by atoms with E-state index in [9.17, 15) is 9.90 Å². The molecule has 0 aromatic rings. The van der Waals surface area contributed by atoms with Crippen LogP contribution in [0.4, 0.5) is 0 Å². The molecule has 0 fully saturated rings. The summed E-state index contributed by atoms with van der Waals surface area (Å²) in [6, 6.07) is 0. The second-order valence-electron chi connectivity index (χ2n) is 3.72. The fraction of sp³-hybridized carbons (Fsp3) is 0.909. The number of carbonyl (C=O) groups is 1. The van der Waals surface area contributed by atoms with E-state index in [4.69, 9.17) is 0 Å². The van der Waals surface area contributed by atoms with Crippen molar-refractivity contribution in [1.82, 2.24) is 5.32 Å². The zero-order valence-corrected chi connectivity index (χ0v) is 9.38. The molecule has 0 heterocycles. The molecule has 0 aliphatic carbocycles. The first-order valence-corrected chi connectivity index (χ1v) is 5.59. The van der Waals surface area contributed by atoms with Gasteiger partial charge < -0.3 is 10.4 Å². The summed E-state index contributed by atoms with van der Waals surface area (Å²) < 4.78 is 0. The van der Waals surface area contributed by atoms with Gasteiger partial charge in [-0.1, -0.05) is 26.2 Å². The van der Waals surface area contributed by atoms with E-state index >= 15 is 0 Å². The molecule has 3 nitrogen and oxygen atoms in total. The molecule has 2 N–H and O–H groups in total. The zero-order chi connectivity index (χ0) is 10.8. The molecule has 84 valence electrons. The highest BCUT2D eigenvalue weighted by atomic mass is 16.3. The maximum atomic E-state index is 10.9. The van der Waals surface area contributed by atoms with Gasteiger partial charge in [-0.3, -0.25) is 4.79 Å². The van der Waals surface area contributed by atoms with Gasteiger partial charge in [-0.15, -0.1) is 0 Å². The van der Waals surface area contributed by atoms with Crippen LogP contribution in [-0.4, -0.2) is 24.2 Å². The number of hydrogen-bond acceptors (Lipinski definition) is 2. The Morgan fingerprint density at radius 3 is 2.50 bits per heavy atom. The highest BCUT2D eigenvalue weighted by Gasteiger charge is 2.05. The maximum absolute atomic E-state index is 10.9. The second kappa shape index (κ2) is 9.00. The first-order valence-electron chi connectivity index (χ1n) is 5.59. The van der Waals surface area contributed by atoms with Crippen LogP contribution in [0.15, 0.2) is 0 Å². The lowest BCUT2D eigenvalue weighted by molar-refractivity contribution is -0.120. The molecule has 0 saturated carbocycles. The highest BCUT2D eigenvalue weighted by molar-refractivity contribution is 5.75. The van der Waals surface area contributed by atoms with Gasteiger partial charge in [-0.05, 0) is 19.3 Å². The van der Waals surface area contributed by atoms with Gasteiger partial charge in [-0.2, -0.15) is 0 Å². The van der Waals surface area contributed by atoms with E-state index in [0.717, 1.165) is 25.7 Å². The lowest BCUT2D eigenvalue weighted by Crippen LogP contribution is -2.18. The quantitative estimate of drug-likeness (QED) is 0.589. The molecule has 1 atom stereocenters. The van der Waals surface area contributed by atoms with Crippen molar-refractivity contribution in [1.29, 1.82) is 0 Å². The molecule has 0 radical (unpaired) electrons. The minimum Gasteiger partial charge on any atom is -0.393 e. The van der Waals surface area contributed by atoms with Gasteiger partial charge >= 0.3 is 0 Å². The fourth-order valence-corrected chi connectivity index (χ4v) is 1.40. The van der Waals surface area contributed by atoms with E-state index in [1.807, 2.05) is 0 Å². The van der Waals surface area contributed by atoms with E-state index < -0.39 is 0 Å². The minimum atomic E-state index is -0.216. The molecule has 0 aliphatic rings. The lowest BCUT2D eigenvalue weighted by Gasteiger charge is -2.09. The van der Waals surface area contributed by atoms with Crippen LogP contribution in [0.2, 0.25) is 0 Å². The molecular formula is C11H23NO2. The van der Waals surface area contributed by atoms with Crippen LogP contribution >= 0.6 is 0 Å². The normalized spacial score (nSPS) is 12.5. The van der Waals surface area contributed by atoms with Crippen LogP contribution < -0.4 is 5.32 Å². The minimum absolute atomic E-state index is 0.0609. The summed E-state index contributed by atoms with van der Waals surface area (Å²) in [6.45, 7) is 2.15. The van der Waals surface area contributed by atoms with Crippen LogP contribution in [0.3, 0.4) is 0 Å². The number of aliphatic hydroxyl groups excluding tert-OH is 1. The molecule has 3 heteroatoms. The third-order valence-electron chi connectivity index (χ3n) is 2.36. The summed E-state index contributed by atoms with van der Waals surface area (Å²) in [7, 11) is 1.64. The van der Waals surface area contributed by atoms with Gasteiger partial charge in [0.05, 0.1) is 6.10 Å². The molecule has 0 aromatic carbocycles. The Balaban J connectivity index is 3.26. The monoisotopic (exact) mass is 201 g/mol. The molecular weight excluding hydrogens is 178 g/mol. The Kier molecular flexibility index (Phi) is 8.64. The van der Waals surface area contributed by atoms with Crippen LogP contribution in [0.25, 0.3) is 0 Å². The van der Waals surface area contributed by atoms with E-state index in [2.05, 4.69) is 12.2 Å². The summed E-state index contributed by atoms with van der Waals surface area (Å²) in [5.41, 5.74) is 0. The maximum Gasteiger partial charge on any atom is 0.219 e. The SMILES string of the molecule is CCCCC[C@@H](O)CCCC(=O)NC. The average Bonchev–Trinajstić information content (AvgIpc) is 2.18. The molecule has 1 amide bonds. The lowest BCUT2D eigenvalue weighted by atomic mass is 10.1. The van der Waals surface area contributed by atoms with Crippen molar-refractivity contribution in [2.75, 3.05) is 7.05 Å². The van der Waals surface area contributed by atoms with E-state index in [1.54, 1.807) is 7.05 Å². The predicted molar refractivity (Wildman–Crippen MR) is 58.1 cm³/mol. The third-order valence-corrected chi connectivity index (χ3v) is 2.36. The zero-order valence-electron chi connectivity index (χ0n) is 9.38. The number of rotatable bonds is 8. The van der Waals surface area contributed by atoms with Gasteiger partial charge in [0.1, 0.15) is 0 Å². The summed E-state index contributed by atoms with van der Waals surface area (Å²) in [4.78, 5) is 10.9. The van der Waals surface area contributed by atoms with E-state index in [-0.39, 0.29) is 12.0 Å². The second-order valence-corrected chi connectivity index (χ2v) is 3.72.